The normalized spacial score (nSPS) is 26.5. The maximum Gasteiger partial charge on any atom is 0.239 e. The highest BCUT2D eigenvalue weighted by Gasteiger charge is 2.30. The smallest absolute Gasteiger partial charge is 0.239 e. The molecule has 30 heavy (non-hydrogen) atoms. The van der Waals surface area contributed by atoms with E-state index in [1.54, 1.807) is 4.90 Å². The number of amides is 2. The average Bonchev–Trinajstić information content (AvgIpc) is 2.68. The zero-order valence-corrected chi connectivity index (χ0v) is 18.9. The first-order chi connectivity index (χ1) is 14.0. The van der Waals surface area contributed by atoms with Gasteiger partial charge in [0, 0.05) is 39.2 Å². The van der Waals surface area contributed by atoms with Gasteiger partial charge in [-0.25, -0.2) is 0 Å². The fourth-order valence-electron chi connectivity index (χ4n) is 3.27. The number of β-amino-alcohol motifs (C(OH)–C–C–N with tert-alkyl or cyclic N) is 1. The predicted octanol–water partition coefficient (Wildman–Crippen LogP) is -0.434. The largest absolute Gasteiger partial charge is 0.388 e. The van der Waals surface area contributed by atoms with Crippen LogP contribution in [0.25, 0.3) is 0 Å². The molecule has 1 heterocycles. The van der Waals surface area contributed by atoms with Gasteiger partial charge < -0.3 is 35.6 Å². The molecule has 0 unspecified atom stereocenters. The van der Waals surface area contributed by atoms with Gasteiger partial charge in [-0.15, -0.1) is 0 Å². The summed E-state index contributed by atoms with van der Waals surface area (Å²) in [6, 6.07) is -0.623. The van der Waals surface area contributed by atoms with Gasteiger partial charge in [0.05, 0.1) is 12.6 Å². The van der Waals surface area contributed by atoms with Gasteiger partial charge in [-0.3, -0.25) is 9.59 Å². The lowest BCUT2D eigenvalue weighted by Crippen LogP contribution is -2.52. The second-order valence-electron chi connectivity index (χ2n) is 8.94. The molecule has 0 radical (unpaired) electrons. The summed E-state index contributed by atoms with van der Waals surface area (Å²) in [6.45, 7) is 8.75. The molecule has 5 N–H and O–H groups in total. The Labute approximate surface area is 180 Å². The van der Waals surface area contributed by atoms with E-state index in [0.717, 1.165) is 0 Å². The van der Waals surface area contributed by atoms with Gasteiger partial charge in [0.25, 0.3) is 0 Å². The van der Waals surface area contributed by atoms with Crippen LogP contribution in [0.2, 0.25) is 0 Å². The first kappa shape index (κ1) is 26.8. The third-order valence-electron chi connectivity index (χ3n) is 5.34. The van der Waals surface area contributed by atoms with Gasteiger partial charge in [-0.05, 0) is 24.7 Å². The molecule has 4 atom stereocenters. The average molecular weight is 432 g/mol. The molecule has 0 spiro atoms. The van der Waals surface area contributed by atoms with Crippen LogP contribution in [-0.2, 0) is 14.3 Å². The Balaban J connectivity index is 3.01. The molecule has 0 aromatic rings. The SMILES string of the molecule is CC(C)CC(=O)N1CCN(C(=O)[C@H](N)C(C)C)CCCCOC[C@@H](O)[C@H](O)[C@@H](O)C1. The molecule has 9 heteroatoms. The lowest BCUT2D eigenvalue weighted by molar-refractivity contribution is -0.140. The Bertz CT molecular complexity index is 531. The Morgan fingerprint density at radius 2 is 1.63 bits per heavy atom. The molecule has 1 aliphatic heterocycles. The van der Waals surface area contributed by atoms with Crippen LogP contribution in [0.15, 0.2) is 0 Å². The molecule has 9 nitrogen and oxygen atoms in total. The maximum atomic E-state index is 12.8. The third-order valence-corrected chi connectivity index (χ3v) is 5.34. The molecule has 1 aliphatic rings. The number of hydrogen-bond acceptors (Lipinski definition) is 7. The van der Waals surface area contributed by atoms with Crippen LogP contribution in [0.3, 0.4) is 0 Å². The zero-order chi connectivity index (χ0) is 22.8. The Kier molecular flexibility index (Phi) is 11.8. The fraction of sp³-hybridized carbons (Fsp3) is 0.905. The van der Waals surface area contributed by atoms with Gasteiger partial charge in [0.2, 0.25) is 11.8 Å². The van der Waals surface area contributed by atoms with Gasteiger partial charge in [0.1, 0.15) is 18.3 Å². The van der Waals surface area contributed by atoms with Crippen molar-refractivity contribution in [3.63, 3.8) is 0 Å². The summed E-state index contributed by atoms with van der Waals surface area (Å²) in [7, 11) is 0. The second-order valence-corrected chi connectivity index (χ2v) is 8.94. The van der Waals surface area contributed by atoms with Crippen molar-refractivity contribution in [3.05, 3.63) is 0 Å². The van der Waals surface area contributed by atoms with Crippen LogP contribution in [0.5, 0.6) is 0 Å². The fourth-order valence-corrected chi connectivity index (χ4v) is 3.27. The molecule has 0 aromatic carbocycles. The molecular weight excluding hydrogens is 390 g/mol. The van der Waals surface area contributed by atoms with Crippen LogP contribution in [0, 0.1) is 11.8 Å². The summed E-state index contributed by atoms with van der Waals surface area (Å²) < 4.78 is 5.39. The van der Waals surface area contributed by atoms with E-state index in [4.69, 9.17) is 10.5 Å². The lowest BCUT2D eigenvalue weighted by Gasteiger charge is -2.33. The second kappa shape index (κ2) is 13.2. The van der Waals surface area contributed by atoms with Crippen molar-refractivity contribution in [2.24, 2.45) is 17.6 Å². The molecule has 2 amide bonds. The number of rotatable bonds is 4. The van der Waals surface area contributed by atoms with Gasteiger partial charge in [0.15, 0.2) is 0 Å². The third kappa shape index (κ3) is 8.85. The molecule has 1 fully saturated rings. The number of nitrogens with two attached hydrogens (primary N) is 1. The van der Waals surface area contributed by atoms with E-state index in [2.05, 4.69) is 0 Å². The highest BCUT2D eigenvalue weighted by Crippen LogP contribution is 2.12. The minimum absolute atomic E-state index is 0.00828. The van der Waals surface area contributed by atoms with E-state index in [-0.39, 0.29) is 56.3 Å². The molecule has 0 saturated carbocycles. The summed E-state index contributed by atoms with van der Waals surface area (Å²) >= 11 is 0. The van der Waals surface area contributed by atoms with Crippen LogP contribution in [-0.4, -0.2) is 101 Å². The number of hydrogen-bond donors (Lipinski definition) is 4. The monoisotopic (exact) mass is 431 g/mol. The van der Waals surface area contributed by atoms with Crippen molar-refractivity contribution in [1.29, 1.82) is 0 Å². The Morgan fingerprint density at radius 1 is 1.00 bits per heavy atom. The van der Waals surface area contributed by atoms with E-state index in [1.165, 1.54) is 4.90 Å². The number of aliphatic hydroxyl groups is 3. The number of ether oxygens (including phenoxy) is 1. The highest BCUT2D eigenvalue weighted by atomic mass is 16.5. The summed E-state index contributed by atoms with van der Waals surface area (Å²) in [6.07, 6.45) is -2.36. The lowest BCUT2D eigenvalue weighted by atomic mass is 10.0. The van der Waals surface area contributed by atoms with Crippen LogP contribution < -0.4 is 5.73 Å². The molecule has 1 saturated heterocycles. The molecule has 1 rings (SSSR count). The molecular formula is C21H41N3O6. The molecule has 176 valence electrons. The van der Waals surface area contributed by atoms with E-state index >= 15 is 0 Å². The quantitative estimate of drug-likeness (QED) is 0.474. The standard InChI is InChI=1S/C21H41N3O6/c1-14(2)11-18(27)24-9-8-23(21(29)19(22)15(3)4)7-5-6-10-30-13-17(26)20(28)16(25)12-24/h14-17,19-20,25-26,28H,5-13,22H2,1-4H3/t16-,17+,19+,20+/m0/s1. The van der Waals surface area contributed by atoms with Gasteiger partial charge in [-0.1, -0.05) is 27.7 Å². The van der Waals surface area contributed by atoms with E-state index in [0.29, 0.717) is 26.0 Å². The minimum atomic E-state index is -1.44. The van der Waals surface area contributed by atoms with Crippen LogP contribution >= 0.6 is 0 Å². The highest BCUT2D eigenvalue weighted by molar-refractivity contribution is 5.82. The Morgan fingerprint density at radius 3 is 2.23 bits per heavy atom. The maximum absolute atomic E-state index is 12.8. The molecule has 0 aliphatic carbocycles. The van der Waals surface area contributed by atoms with Crippen molar-refractivity contribution >= 4 is 11.8 Å². The topological polar surface area (TPSA) is 137 Å². The number of carbonyl (C=O) groups excluding carboxylic acids is 2. The Hall–Kier alpha value is -1.26. The molecule has 0 bridgehead atoms. The summed E-state index contributed by atoms with van der Waals surface area (Å²) in [5.41, 5.74) is 6.07. The summed E-state index contributed by atoms with van der Waals surface area (Å²) in [5, 5.41) is 30.7. The number of nitrogens with zero attached hydrogens (tertiary/aromatic N) is 2. The van der Waals surface area contributed by atoms with E-state index in [9.17, 15) is 24.9 Å². The number of aliphatic hydroxyl groups excluding tert-OH is 3. The molecule has 0 aromatic heterocycles. The first-order valence-electron chi connectivity index (χ1n) is 11.0. The van der Waals surface area contributed by atoms with Crippen molar-refractivity contribution in [2.45, 2.75) is 71.3 Å². The predicted molar refractivity (Wildman–Crippen MR) is 114 cm³/mol. The first-order valence-corrected chi connectivity index (χ1v) is 11.0. The van der Waals surface area contributed by atoms with E-state index < -0.39 is 24.4 Å². The van der Waals surface area contributed by atoms with Gasteiger partial charge in [-0.2, -0.15) is 0 Å². The van der Waals surface area contributed by atoms with Crippen molar-refractivity contribution in [2.75, 3.05) is 39.4 Å². The summed E-state index contributed by atoms with van der Waals surface area (Å²) in [4.78, 5) is 28.7. The van der Waals surface area contributed by atoms with Gasteiger partial charge >= 0.3 is 0 Å². The van der Waals surface area contributed by atoms with Crippen molar-refractivity contribution in [1.82, 2.24) is 9.80 Å². The van der Waals surface area contributed by atoms with Crippen LogP contribution in [0.4, 0.5) is 0 Å². The summed E-state index contributed by atoms with van der Waals surface area (Å²) in [5.74, 6) is -0.218. The van der Waals surface area contributed by atoms with Crippen LogP contribution in [0.1, 0.15) is 47.0 Å². The van der Waals surface area contributed by atoms with Crippen molar-refractivity contribution in [3.8, 4) is 0 Å². The van der Waals surface area contributed by atoms with Crippen molar-refractivity contribution < 1.29 is 29.6 Å². The zero-order valence-electron chi connectivity index (χ0n) is 18.9. The minimum Gasteiger partial charge on any atom is -0.388 e. The number of carbonyl (C=O) groups is 2. The van der Waals surface area contributed by atoms with E-state index in [1.807, 2.05) is 27.7 Å².